The van der Waals surface area contributed by atoms with Gasteiger partial charge in [-0.3, -0.25) is 9.97 Å². The molecule has 1 aliphatic rings. The fourth-order valence-electron chi connectivity index (χ4n) is 5.05. The molecule has 0 amide bonds. The fraction of sp³-hybridized carbons (Fsp3) is 0.222. The van der Waals surface area contributed by atoms with Gasteiger partial charge in [-0.2, -0.15) is 0 Å². The molecule has 1 unspecified atom stereocenters. The highest BCUT2D eigenvalue weighted by Crippen LogP contribution is 2.34. The minimum Gasteiger partial charge on any atom is -0.382 e. The summed E-state index contributed by atoms with van der Waals surface area (Å²) in [6.07, 6.45) is 7.67. The van der Waals surface area contributed by atoms with Crippen LogP contribution in [0.4, 0.5) is 20.3 Å². The van der Waals surface area contributed by atoms with Gasteiger partial charge in [0, 0.05) is 18.7 Å². The molecule has 9 nitrogen and oxygen atoms in total. The molecule has 0 saturated carbocycles. The fourth-order valence-corrected chi connectivity index (χ4v) is 5.05. The lowest BCUT2D eigenvalue weighted by atomic mass is 9.86. The molecule has 6 rings (SSSR count). The van der Waals surface area contributed by atoms with E-state index in [1.807, 2.05) is 16.8 Å². The molecule has 0 bridgehead atoms. The number of imidazole rings is 1. The number of halogens is 2. The Bertz CT molecular complexity index is 1600. The first-order valence-electron chi connectivity index (χ1n) is 12.2. The quantitative estimate of drug-likeness (QED) is 0.365. The highest BCUT2D eigenvalue weighted by Gasteiger charge is 2.35. The first-order valence-corrected chi connectivity index (χ1v) is 12.2. The van der Waals surface area contributed by atoms with Crippen LogP contribution < -0.4 is 16.4 Å². The third-order valence-corrected chi connectivity index (χ3v) is 6.98. The van der Waals surface area contributed by atoms with Crippen molar-refractivity contribution in [2.45, 2.75) is 24.9 Å². The highest BCUT2D eigenvalue weighted by atomic mass is 19.1. The van der Waals surface area contributed by atoms with Crippen molar-refractivity contribution >= 4 is 22.7 Å². The van der Waals surface area contributed by atoms with Crippen LogP contribution in [0.15, 0.2) is 67.5 Å². The summed E-state index contributed by atoms with van der Waals surface area (Å²) >= 11 is 0. The molecule has 1 aliphatic heterocycles. The minimum absolute atomic E-state index is 0.310. The van der Waals surface area contributed by atoms with Crippen molar-refractivity contribution < 1.29 is 8.78 Å². The topological polar surface area (TPSA) is 125 Å². The molecule has 1 aromatic carbocycles. The molecule has 192 valence electrons. The van der Waals surface area contributed by atoms with Crippen molar-refractivity contribution in [3.63, 3.8) is 0 Å². The van der Waals surface area contributed by atoms with Gasteiger partial charge in [0.1, 0.15) is 23.5 Å². The number of nitrogens with two attached hydrogens (primary N) is 2. The first kappa shape index (κ1) is 23.9. The number of anilines is 2. The van der Waals surface area contributed by atoms with E-state index in [1.165, 1.54) is 30.7 Å². The minimum atomic E-state index is -0.748. The molecule has 5 aromatic rings. The summed E-state index contributed by atoms with van der Waals surface area (Å²) in [4.78, 5) is 24.0. The van der Waals surface area contributed by atoms with Crippen LogP contribution in [-0.4, -0.2) is 42.6 Å². The number of nitrogen functional groups attached to an aromatic ring is 1. The Morgan fingerprint density at radius 3 is 2.53 bits per heavy atom. The molecule has 4 aromatic heterocycles. The van der Waals surface area contributed by atoms with E-state index in [9.17, 15) is 8.78 Å². The van der Waals surface area contributed by atoms with E-state index < -0.39 is 11.4 Å². The lowest BCUT2D eigenvalue weighted by molar-refractivity contribution is 0.344. The second-order valence-corrected chi connectivity index (χ2v) is 9.55. The van der Waals surface area contributed by atoms with Crippen molar-refractivity contribution in [1.29, 1.82) is 0 Å². The number of aromatic nitrogens is 6. The standard InChI is InChI=1S/C27H25F2N9/c28-19-4-2-17(3-5-19)21-10-18(13-38-16-36-24-25(30)34-15-35-26(24)38)22(12-32-21)37-9-1-8-27(31,14-37)23-7-6-20(29)11-33-23/h2-7,10-12,15-16H,1,8-9,13-14,31H2,(H2,30,34,35). The van der Waals surface area contributed by atoms with Crippen LogP contribution in [0.3, 0.4) is 0 Å². The number of rotatable bonds is 5. The maximum Gasteiger partial charge on any atom is 0.165 e. The summed E-state index contributed by atoms with van der Waals surface area (Å²) < 4.78 is 29.0. The average molecular weight is 514 g/mol. The average Bonchev–Trinajstić information content (AvgIpc) is 3.33. The zero-order valence-corrected chi connectivity index (χ0v) is 20.4. The SMILES string of the molecule is Nc1ncnc2c1ncn2Cc1cc(-c2ccc(F)cc2)ncc1N1CCCC(N)(c2ccc(F)cn2)C1. The van der Waals surface area contributed by atoms with Crippen LogP contribution in [0.25, 0.3) is 22.4 Å². The summed E-state index contributed by atoms with van der Waals surface area (Å²) in [5, 5.41) is 0. The third kappa shape index (κ3) is 4.41. The zero-order valence-electron chi connectivity index (χ0n) is 20.4. The first-order chi connectivity index (χ1) is 18.4. The van der Waals surface area contributed by atoms with Crippen LogP contribution in [0.5, 0.6) is 0 Å². The van der Waals surface area contributed by atoms with E-state index in [0.29, 0.717) is 41.5 Å². The molecule has 1 fully saturated rings. The van der Waals surface area contributed by atoms with Gasteiger partial charge in [-0.25, -0.2) is 23.7 Å². The Kier molecular flexibility index (Phi) is 5.91. The summed E-state index contributed by atoms with van der Waals surface area (Å²) in [5.41, 5.74) is 17.2. The molecular formula is C27H25F2N9. The van der Waals surface area contributed by atoms with Crippen LogP contribution in [-0.2, 0) is 12.1 Å². The van der Waals surface area contributed by atoms with Gasteiger partial charge in [0.25, 0.3) is 0 Å². The van der Waals surface area contributed by atoms with Gasteiger partial charge in [0.05, 0.1) is 47.9 Å². The molecule has 38 heavy (non-hydrogen) atoms. The van der Waals surface area contributed by atoms with E-state index in [-0.39, 0.29) is 5.82 Å². The Hall–Kier alpha value is -4.51. The Morgan fingerprint density at radius 1 is 0.921 bits per heavy atom. The van der Waals surface area contributed by atoms with E-state index in [0.717, 1.165) is 36.2 Å². The van der Waals surface area contributed by atoms with Gasteiger partial charge in [0.15, 0.2) is 11.5 Å². The van der Waals surface area contributed by atoms with Crippen molar-refractivity contribution in [3.05, 3.63) is 90.4 Å². The maximum atomic E-state index is 13.6. The van der Waals surface area contributed by atoms with Gasteiger partial charge >= 0.3 is 0 Å². The van der Waals surface area contributed by atoms with Crippen LogP contribution in [0.2, 0.25) is 0 Å². The molecule has 0 spiro atoms. The number of benzene rings is 1. The molecular weight excluding hydrogens is 488 g/mol. The molecule has 0 radical (unpaired) electrons. The normalized spacial score (nSPS) is 17.7. The number of nitrogens with zero attached hydrogens (tertiary/aromatic N) is 7. The summed E-state index contributed by atoms with van der Waals surface area (Å²) in [6.45, 7) is 1.68. The largest absolute Gasteiger partial charge is 0.382 e. The van der Waals surface area contributed by atoms with Crippen LogP contribution >= 0.6 is 0 Å². The smallest absolute Gasteiger partial charge is 0.165 e. The van der Waals surface area contributed by atoms with Crippen LogP contribution in [0.1, 0.15) is 24.1 Å². The summed E-state index contributed by atoms with van der Waals surface area (Å²) in [6, 6.07) is 11.3. The van der Waals surface area contributed by atoms with E-state index in [4.69, 9.17) is 16.5 Å². The predicted molar refractivity (Wildman–Crippen MR) is 140 cm³/mol. The van der Waals surface area contributed by atoms with Crippen molar-refractivity contribution in [1.82, 2.24) is 29.5 Å². The Labute approximate surface area is 217 Å². The Balaban J connectivity index is 1.41. The molecule has 5 heterocycles. The van der Waals surface area contributed by atoms with E-state index >= 15 is 0 Å². The maximum absolute atomic E-state index is 13.6. The summed E-state index contributed by atoms with van der Waals surface area (Å²) in [5.74, 6) is -0.397. The van der Waals surface area contributed by atoms with Crippen molar-refractivity contribution in [3.8, 4) is 11.3 Å². The molecule has 1 atom stereocenters. The van der Waals surface area contributed by atoms with E-state index in [2.05, 4.69) is 24.8 Å². The van der Waals surface area contributed by atoms with Gasteiger partial charge in [-0.1, -0.05) is 0 Å². The lowest BCUT2D eigenvalue weighted by Gasteiger charge is -2.41. The second-order valence-electron chi connectivity index (χ2n) is 9.55. The molecule has 11 heteroatoms. The molecule has 0 aliphatic carbocycles. The number of hydrogen-bond donors (Lipinski definition) is 2. The lowest BCUT2D eigenvalue weighted by Crippen LogP contribution is -2.52. The van der Waals surface area contributed by atoms with E-state index in [1.54, 1.807) is 24.5 Å². The molecule has 4 N–H and O–H groups in total. The monoisotopic (exact) mass is 513 g/mol. The third-order valence-electron chi connectivity index (χ3n) is 6.98. The summed E-state index contributed by atoms with van der Waals surface area (Å²) in [7, 11) is 0. The van der Waals surface area contributed by atoms with Crippen LogP contribution in [0, 0.1) is 11.6 Å². The number of piperidine rings is 1. The predicted octanol–water partition coefficient (Wildman–Crippen LogP) is 3.65. The number of fused-ring (bicyclic) bond motifs is 1. The van der Waals surface area contributed by atoms with Gasteiger partial charge in [-0.05, 0) is 60.9 Å². The second kappa shape index (κ2) is 9.42. The highest BCUT2D eigenvalue weighted by molar-refractivity contribution is 5.81. The Morgan fingerprint density at radius 2 is 1.74 bits per heavy atom. The molecule has 1 saturated heterocycles. The number of pyridine rings is 2. The van der Waals surface area contributed by atoms with Gasteiger partial charge in [0.2, 0.25) is 0 Å². The van der Waals surface area contributed by atoms with Crippen molar-refractivity contribution in [2.75, 3.05) is 23.7 Å². The zero-order chi connectivity index (χ0) is 26.3. The van der Waals surface area contributed by atoms with Gasteiger partial charge in [-0.15, -0.1) is 0 Å². The van der Waals surface area contributed by atoms with Crippen molar-refractivity contribution in [2.24, 2.45) is 5.73 Å². The van der Waals surface area contributed by atoms with Gasteiger partial charge < -0.3 is 20.9 Å². The number of hydrogen-bond acceptors (Lipinski definition) is 8.